The third-order valence-electron chi connectivity index (χ3n) is 3.52. The molecule has 1 aliphatic carbocycles. The van der Waals surface area contributed by atoms with Gasteiger partial charge in [0.05, 0.1) is 6.61 Å². The molecule has 0 fully saturated rings. The number of carbonyl (C=O) groups excluding carboxylic acids is 2. The quantitative estimate of drug-likeness (QED) is 0.488. The summed E-state index contributed by atoms with van der Waals surface area (Å²) in [6.45, 7) is 2.02. The average Bonchev–Trinajstić information content (AvgIpc) is 2.48. The van der Waals surface area contributed by atoms with Crippen LogP contribution in [0.1, 0.15) is 24.8 Å². The van der Waals surface area contributed by atoms with Crippen LogP contribution in [0.5, 0.6) is 0 Å². The highest BCUT2D eigenvalue weighted by Crippen LogP contribution is 2.35. The number of carbonyl (C=O) groups is 2. The lowest BCUT2D eigenvalue weighted by Crippen LogP contribution is -2.38. The van der Waals surface area contributed by atoms with Crippen LogP contribution in [0.2, 0.25) is 0 Å². The summed E-state index contributed by atoms with van der Waals surface area (Å²) in [6.07, 6.45) is 2.07. The van der Waals surface area contributed by atoms with E-state index >= 15 is 0 Å². The Morgan fingerprint density at radius 1 is 1.33 bits per heavy atom. The van der Waals surface area contributed by atoms with E-state index in [0.29, 0.717) is 6.42 Å². The Morgan fingerprint density at radius 2 is 2.05 bits per heavy atom. The molecule has 0 radical (unpaired) electrons. The van der Waals surface area contributed by atoms with Gasteiger partial charge in [0.25, 0.3) is 0 Å². The van der Waals surface area contributed by atoms with Crippen molar-refractivity contribution in [2.75, 3.05) is 13.7 Å². The summed E-state index contributed by atoms with van der Waals surface area (Å²) < 4.78 is 5.07. The normalized spacial score (nSPS) is 21.6. The van der Waals surface area contributed by atoms with Crippen molar-refractivity contribution >= 4 is 11.8 Å². The standard InChI is InChI=1S/C16H20N2O3/c1-3-21-16(20)15-13(11-7-5-4-6-8-11)9-12(18-17-2)10-14(15)19/h4-8,10,13,15,17-18H,3,9H2,1-2H3. The molecule has 0 saturated carbocycles. The monoisotopic (exact) mass is 288 g/mol. The van der Waals surface area contributed by atoms with Gasteiger partial charge in [0, 0.05) is 24.7 Å². The Kier molecular flexibility index (Phi) is 5.11. The minimum Gasteiger partial charge on any atom is -0.465 e. The molecule has 2 N–H and O–H groups in total. The minimum atomic E-state index is -0.769. The molecule has 21 heavy (non-hydrogen) atoms. The van der Waals surface area contributed by atoms with Crippen LogP contribution in [0.25, 0.3) is 0 Å². The molecule has 0 spiro atoms. The van der Waals surface area contributed by atoms with Crippen molar-refractivity contribution < 1.29 is 14.3 Å². The fraction of sp³-hybridized carbons (Fsp3) is 0.375. The van der Waals surface area contributed by atoms with Gasteiger partial charge in [-0.1, -0.05) is 30.3 Å². The number of nitrogens with one attached hydrogen (secondary N) is 2. The number of ketones is 1. The molecule has 0 aliphatic heterocycles. The van der Waals surface area contributed by atoms with E-state index < -0.39 is 11.9 Å². The van der Waals surface area contributed by atoms with Crippen molar-refractivity contribution in [1.29, 1.82) is 0 Å². The van der Waals surface area contributed by atoms with E-state index in [1.54, 1.807) is 14.0 Å². The van der Waals surface area contributed by atoms with Crippen LogP contribution in [0, 0.1) is 5.92 Å². The Balaban J connectivity index is 2.34. The summed E-state index contributed by atoms with van der Waals surface area (Å²) >= 11 is 0. The minimum absolute atomic E-state index is 0.210. The van der Waals surface area contributed by atoms with E-state index in [2.05, 4.69) is 10.9 Å². The molecule has 5 heteroatoms. The Labute approximate surface area is 124 Å². The molecule has 0 saturated heterocycles. The average molecular weight is 288 g/mol. The summed E-state index contributed by atoms with van der Waals surface area (Å²) in [5.74, 6) is -1.64. The molecule has 1 aromatic rings. The SMILES string of the molecule is CCOC(=O)C1C(=O)C=C(NNC)CC1c1ccccc1. The van der Waals surface area contributed by atoms with Crippen molar-refractivity contribution in [2.45, 2.75) is 19.3 Å². The summed E-state index contributed by atoms with van der Waals surface area (Å²) in [5.41, 5.74) is 7.50. The van der Waals surface area contributed by atoms with Crippen molar-refractivity contribution in [2.24, 2.45) is 5.92 Å². The molecule has 0 amide bonds. The van der Waals surface area contributed by atoms with E-state index in [0.717, 1.165) is 11.3 Å². The number of esters is 1. The molecular formula is C16H20N2O3. The number of ether oxygens (including phenoxy) is 1. The Morgan fingerprint density at radius 3 is 2.67 bits per heavy atom. The zero-order valence-corrected chi connectivity index (χ0v) is 12.3. The maximum absolute atomic E-state index is 12.3. The van der Waals surface area contributed by atoms with Gasteiger partial charge < -0.3 is 10.2 Å². The third kappa shape index (κ3) is 3.49. The fourth-order valence-corrected chi connectivity index (χ4v) is 2.64. The van der Waals surface area contributed by atoms with Gasteiger partial charge in [0.2, 0.25) is 0 Å². The summed E-state index contributed by atoms with van der Waals surface area (Å²) in [6, 6.07) is 9.60. The van der Waals surface area contributed by atoms with E-state index in [1.807, 2.05) is 30.3 Å². The van der Waals surface area contributed by atoms with Crippen LogP contribution >= 0.6 is 0 Å². The summed E-state index contributed by atoms with van der Waals surface area (Å²) in [7, 11) is 1.74. The van der Waals surface area contributed by atoms with Gasteiger partial charge in [-0.3, -0.25) is 9.59 Å². The second-order valence-electron chi connectivity index (χ2n) is 4.90. The van der Waals surface area contributed by atoms with Gasteiger partial charge in [-0.2, -0.15) is 0 Å². The van der Waals surface area contributed by atoms with E-state index in [9.17, 15) is 9.59 Å². The van der Waals surface area contributed by atoms with Gasteiger partial charge in [-0.15, -0.1) is 0 Å². The highest BCUT2D eigenvalue weighted by atomic mass is 16.5. The topological polar surface area (TPSA) is 67.4 Å². The van der Waals surface area contributed by atoms with Crippen molar-refractivity contribution in [3.63, 3.8) is 0 Å². The van der Waals surface area contributed by atoms with Gasteiger partial charge in [-0.05, 0) is 18.9 Å². The Hall–Kier alpha value is -2.14. The summed E-state index contributed by atoms with van der Waals surface area (Å²) in [4.78, 5) is 24.5. The van der Waals surface area contributed by atoms with Crippen molar-refractivity contribution in [1.82, 2.24) is 10.9 Å². The number of hydrazine groups is 1. The number of hydrogen-bond acceptors (Lipinski definition) is 5. The fourth-order valence-electron chi connectivity index (χ4n) is 2.64. The zero-order chi connectivity index (χ0) is 15.2. The largest absolute Gasteiger partial charge is 0.465 e. The third-order valence-corrected chi connectivity index (χ3v) is 3.52. The van der Waals surface area contributed by atoms with Crippen LogP contribution in [-0.4, -0.2) is 25.4 Å². The first kappa shape index (κ1) is 15.3. The molecule has 112 valence electrons. The highest BCUT2D eigenvalue weighted by molar-refractivity contribution is 6.07. The predicted molar refractivity (Wildman–Crippen MR) is 79.2 cm³/mol. The predicted octanol–water partition coefficient (Wildman–Crippen LogP) is 1.53. The van der Waals surface area contributed by atoms with Crippen LogP contribution in [0.3, 0.4) is 0 Å². The zero-order valence-electron chi connectivity index (χ0n) is 12.3. The van der Waals surface area contributed by atoms with E-state index in [1.165, 1.54) is 6.08 Å². The lowest BCUT2D eigenvalue weighted by Gasteiger charge is -2.29. The molecule has 1 aromatic carbocycles. The second kappa shape index (κ2) is 7.04. The lowest BCUT2D eigenvalue weighted by atomic mass is 9.76. The van der Waals surface area contributed by atoms with Gasteiger partial charge in [0.1, 0.15) is 5.92 Å². The van der Waals surface area contributed by atoms with Crippen molar-refractivity contribution in [3.8, 4) is 0 Å². The van der Waals surface area contributed by atoms with Gasteiger partial charge in [-0.25, -0.2) is 5.43 Å². The molecule has 2 atom stereocenters. The molecule has 0 aromatic heterocycles. The molecule has 5 nitrogen and oxygen atoms in total. The second-order valence-corrected chi connectivity index (χ2v) is 4.90. The number of hydrogen-bond donors (Lipinski definition) is 2. The maximum atomic E-state index is 12.3. The molecule has 2 rings (SSSR count). The smallest absolute Gasteiger partial charge is 0.317 e. The van der Waals surface area contributed by atoms with Crippen LogP contribution in [0.15, 0.2) is 42.1 Å². The first-order valence-corrected chi connectivity index (χ1v) is 7.06. The molecule has 0 bridgehead atoms. The van der Waals surface area contributed by atoms with Crippen molar-refractivity contribution in [3.05, 3.63) is 47.7 Å². The molecule has 1 aliphatic rings. The highest BCUT2D eigenvalue weighted by Gasteiger charge is 2.39. The Bertz CT molecular complexity index is 540. The first-order chi connectivity index (χ1) is 10.2. The summed E-state index contributed by atoms with van der Waals surface area (Å²) in [5, 5.41) is 0. The number of rotatable bonds is 5. The van der Waals surface area contributed by atoms with Crippen LogP contribution in [-0.2, 0) is 14.3 Å². The van der Waals surface area contributed by atoms with Crippen LogP contribution in [0.4, 0.5) is 0 Å². The van der Waals surface area contributed by atoms with E-state index in [-0.39, 0.29) is 18.3 Å². The number of benzene rings is 1. The van der Waals surface area contributed by atoms with E-state index in [4.69, 9.17) is 4.74 Å². The molecule has 2 unspecified atom stereocenters. The maximum Gasteiger partial charge on any atom is 0.317 e. The van der Waals surface area contributed by atoms with Gasteiger partial charge >= 0.3 is 5.97 Å². The molecule has 0 heterocycles. The van der Waals surface area contributed by atoms with Crippen LogP contribution < -0.4 is 10.9 Å². The lowest BCUT2D eigenvalue weighted by molar-refractivity contribution is -0.151. The molecular weight excluding hydrogens is 268 g/mol. The number of allylic oxidation sites excluding steroid dienone is 2. The first-order valence-electron chi connectivity index (χ1n) is 7.06. The van der Waals surface area contributed by atoms with Gasteiger partial charge in [0.15, 0.2) is 5.78 Å².